The molecule has 34 heavy (non-hydrogen) atoms. The maximum atomic E-state index is 12.7. The molecule has 4 aromatic rings. The number of hydrogen-bond acceptors (Lipinski definition) is 5. The van der Waals surface area contributed by atoms with Crippen molar-refractivity contribution in [3.8, 4) is 5.69 Å². The molecule has 1 fully saturated rings. The molecule has 2 aromatic heterocycles. The summed E-state index contributed by atoms with van der Waals surface area (Å²) < 4.78 is 1.55. The Bertz CT molecular complexity index is 1450. The number of nitrogen functional groups attached to an aromatic ring is 1. The highest BCUT2D eigenvalue weighted by atomic mass is 16.2. The van der Waals surface area contributed by atoms with Gasteiger partial charge in [-0.15, -0.1) is 0 Å². The lowest BCUT2D eigenvalue weighted by molar-refractivity contribution is -0.117. The van der Waals surface area contributed by atoms with Gasteiger partial charge in [0.25, 0.3) is 11.5 Å². The number of nitrogens with two attached hydrogens (primary N) is 1. The van der Waals surface area contributed by atoms with Crippen LogP contribution in [0.2, 0.25) is 0 Å². The highest BCUT2D eigenvalue weighted by molar-refractivity contribution is 5.99. The first kappa shape index (κ1) is 21.4. The molecule has 1 unspecified atom stereocenters. The molecule has 0 radical (unpaired) electrons. The Morgan fingerprint density at radius 1 is 1.00 bits per heavy atom. The van der Waals surface area contributed by atoms with Crippen LogP contribution < -0.4 is 21.5 Å². The monoisotopic (exact) mass is 453 g/mol. The van der Waals surface area contributed by atoms with Crippen LogP contribution in [-0.4, -0.2) is 34.5 Å². The third-order valence-corrected chi connectivity index (χ3v) is 6.02. The van der Waals surface area contributed by atoms with E-state index in [9.17, 15) is 14.4 Å². The van der Waals surface area contributed by atoms with Crippen LogP contribution >= 0.6 is 0 Å². The fraction of sp³-hybridized carbons (Fsp3) is 0.154. The van der Waals surface area contributed by atoms with E-state index in [1.165, 1.54) is 6.07 Å². The van der Waals surface area contributed by atoms with E-state index in [1.807, 2.05) is 30.3 Å². The van der Waals surface area contributed by atoms with E-state index in [0.717, 1.165) is 22.1 Å². The molecule has 0 bridgehead atoms. The third-order valence-electron chi connectivity index (χ3n) is 6.02. The molecule has 5 rings (SSSR count). The number of carbonyl (C=O) groups is 2. The summed E-state index contributed by atoms with van der Waals surface area (Å²) in [5.74, 6) is 0.263. The van der Waals surface area contributed by atoms with E-state index < -0.39 is 0 Å². The average molecular weight is 454 g/mol. The zero-order chi connectivity index (χ0) is 23.7. The van der Waals surface area contributed by atoms with Crippen molar-refractivity contribution in [3.05, 3.63) is 95.0 Å². The van der Waals surface area contributed by atoms with Crippen molar-refractivity contribution in [2.75, 3.05) is 23.7 Å². The van der Waals surface area contributed by atoms with Crippen molar-refractivity contribution >= 4 is 34.1 Å². The molecule has 0 saturated carbocycles. The van der Waals surface area contributed by atoms with Gasteiger partial charge in [0.2, 0.25) is 5.91 Å². The number of anilines is 2. The molecule has 0 aliphatic carbocycles. The highest BCUT2D eigenvalue weighted by Gasteiger charge is 2.30. The van der Waals surface area contributed by atoms with Gasteiger partial charge in [0.1, 0.15) is 5.82 Å². The number of amides is 2. The number of rotatable bonds is 5. The molecular formula is C26H23N5O3. The number of nitrogens with one attached hydrogen (secondary N) is 1. The normalized spacial score (nSPS) is 15.6. The molecule has 1 saturated heterocycles. The standard InChI is InChI=1S/C26H23N5O3/c27-23-13-18-4-5-19(12-20(18)15-28-23)26(34)29-14-17-11-25(33)31(16-17)22-8-6-21(7-9-22)30-10-2-1-3-24(30)32/h1-10,12-13,15,17H,11,14,16H2,(H2,27,28)(H,29,34). The quantitative estimate of drug-likeness (QED) is 0.483. The Morgan fingerprint density at radius 3 is 2.59 bits per heavy atom. The highest BCUT2D eigenvalue weighted by Crippen LogP contribution is 2.26. The summed E-state index contributed by atoms with van der Waals surface area (Å²) in [6, 6.07) is 19.4. The topological polar surface area (TPSA) is 110 Å². The fourth-order valence-electron chi connectivity index (χ4n) is 4.24. The summed E-state index contributed by atoms with van der Waals surface area (Å²) in [6.07, 6.45) is 3.72. The van der Waals surface area contributed by atoms with Gasteiger partial charge in [-0.05, 0) is 53.9 Å². The molecule has 170 valence electrons. The van der Waals surface area contributed by atoms with Crippen LogP contribution in [-0.2, 0) is 4.79 Å². The Morgan fingerprint density at radius 2 is 1.79 bits per heavy atom. The van der Waals surface area contributed by atoms with Gasteiger partial charge in [0.15, 0.2) is 0 Å². The smallest absolute Gasteiger partial charge is 0.255 e. The second-order valence-electron chi connectivity index (χ2n) is 8.38. The minimum atomic E-state index is -0.192. The van der Waals surface area contributed by atoms with Crippen LogP contribution in [0.1, 0.15) is 16.8 Å². The van der Waals surface area contributed by atoms with E-state index in [0.29, 0.717) is 30.9 Å². The molecule has 2 amide bonds. The van der Waals surface area contributed by atoms with E-state index in [1.54, 1.807) is 52.2 Å². The summed E-state index contributed by atoms with van der Waals surface area (Å²) in [4.78, 5) is 43.1. The fourth-order valence-corrected chi connectivity index (χ4v) is 4.24. The first-order valence-electron chi connectivity index (χ1n) is 11.0. The van der Waals surface area contributed by atoms with Gasteiger partial charge in [-0.1, -0.05) is 12.1 Å². The van der Waals surface area contributed by atoms with Gasteiger partial charge < -0.3 is 16.0 Å². The lowest BCUT2D eigenvalue weighted by atomic mass is 10.1. The molecule has 3 N–H and O–H groups in total. The maximum Gasteiger partial charge on any atom is 0.255 e. The first-order chi connectivity index (χ1) is 16.5. The third kappa shape index (κ3) is 4.25. The molecule has 8 heteroatoms. The predicted octanol–water partition coefficient (Wildman–Crippen LogP) is 2.75. The number of benzene rings is 2. The zero-order valence-electron chi connectivity index (χ0n) is 18.3. The van der Waals surface area contributed by atoms with E-state index >= 15 is 0 Å². The Labute approximate surface area is 195 Å². The van der Waals surface area contributed by atoms with Crippen molar-refractivity contribution in [2.24, 2.45) is 5.92 Å². The van der Waals surface area contributed by atoms with Gasteiger partial charge >= 0.3 is 0 Å². The number of nitrogens with zero attached hydrogens (tertiary/aromatic N) is 3. The van der Waals surface area contributed by atoms with Crippen LogP contribution in [0.5, 0.6) is 0 Å². The van der Waals surface area contributed by atoms with Crippen LogP contribution in [0.15, 0.2) is 83.9 Å². The van der Waals surface area contributed by atoms with Gasteiger partial charge in [-0.2, -0.15) is 0 Å². The Hall–Kier alpha value is -4.46. The van der Waals surface area contributed by atoms with Crippen molar-refractivity contribution in [1.29, 1.82) is 0 Å². The molecule has 0 spiro atoms. The van der Waals surface area contributed by atoms with Crippen molar-refractivity contribution < 1.29 is 9.59 Å². The van der Waals surface area contributed by atoms with Crippen molar-refractivity contribution in [2.45, 2.75) is 6.42 Å². The molecular weight excluding hydrogens is 430 g/mol. The van der Waals surface area contributed by atoms with Crippen molar-refractivity contribution in [1.82, 2.24) is 14.9 Å². The summed E-state index contributed by atoms with van der Waals surface area (Å²) in [7, 11) is 0. The van der Waals surface area contributed by atoms with Crippen LogP contribution in [0, 0.1) is 5.92 Å². The molecule has 1 aliphatic heterocycles. The molecule has 3 heterocycles. The summed E-state index contributed by atoms with van der Waals surface area (Å²) in [5.41, 5.74) is 7.63. The number of carbonyl (C=O) groups excluding carboxylic acids is 2. The van der Waals surface area contributed by atoms with Crippen molar-refractivity contribution in [3.63, 3.8) is 0 Å². The number of aromatic nitrogens is 2. The molecule has 1 aliphatic rings. The second kappa shape index (κ2) is 8.82. The van der Waals surface area contributed by atoms with Crippen LogP contribution in [0.4, 0.5) is 11.5 Å². The summed E-state index contributed by atoms with van der Waals surface area (Å²) in [5, 5.41) is 4.70. The van der Waals surface area contributed by atoms with E-state index in [-0.39, 0.29) is 23.3 Å². The minimum absolute atomic E-state index is 0.00907. The maximum absolute atomic E-state index is 12.7. The van der Waals surface area contributed by atoms with Gasteiger partial charge in [-0.3, -0.25) is 19.0 Å². The lowest BCUT2D eigenvalue weighted by Gasteiger charge is -2.18. The summed E-state index contributed by atoms with van der Waals surface area (Å²) in [6.45, 7) is 0.918. The van der Waals surface area contributed by atoms with E-state index in [2.05, 4.69) is 10.3 Å². The average Bonchev–Trinajstić information content (AvgIpc) is 3.23. The van der Waals surface area contributed by atoms with Gasteiger partial charge in [0, 0.05) is 66.2 Å². The van der Waals surface area contributed by atoms with Gasteiger partial charge in [0.05, 0.1) is 0 Å². The van der Waals surface area contributed by atoms with Crippen LogP contribution in [0.3, 0.4) is 0 Å². The largest absolute Gasteiger partial charge is 0.384 e. The minimum Gasteiger partial charge on any atom is -0.384 e. The van der Waals surface area contributed by atoms with Gasteiger partial charge in [-0.25, -0.2) is 4.98 Å². The molecule has 2 aromatic carbocycles. The predicted molar refractivity (Wildman–Crippen MR) is 131 cm³/mol. The SMILES string of the molecule is Nc1cc2ccc(C(=O)NCC3CC(=O)N(c4ccc(-n5ccccc5=O)cc4)C3)cc2cn1. The number of hydrogen-bond donors (Lipinski definition) is 2. The molecule has 8 nitrogen and oxygen atoms in total. The first-order valence-corrected chi connectivity index (χ1v) is 11.0. The zero-order valence-corrected chi connectivity index (χ0v) is 18.3. The molecule has 1 atom stereocenters. The summed E-state index contributed by atoms with van der Waals surface area (Å²) >= 11 is 0. The Balaban J connectivity index is 1.22. The number of pyridine rings is 2. The van der Waals surface area contributed by atoms with E-state index in [4.69, 9.17) is 5.73 Å². The lowest BCUT2D eigenvalue weighted by Crippen LogP contribution is -2.31. The number of fused-ring (bicyclic) bond motifs is 1. The second-order valence-corrected chi connectivity index (χ2v) is 8.38. The van der Waals surface area contributed by atoms with Crippen LogP contribution in [0.25, 0.3) is 16.5 Å². The Kier molecular flexibility index (Phi) is 5.55.